The second-order valence-corrected chi connectivity index (χ2v) is 6.34. The van der Waals surface area contributed by atoms with Gasteiger partial charge in [0.1, 0.15) is 6.04 Å². The summed E-state index contributed by atoms with van der Waals surface area (Å²) in [6, 6.07) is 17.2. The normalized spacial score (nSPS) is 17.0. The van der Waals surface area contributed by atoms with Crippen LogP contribution in [0.15, 0.2) is 59.1 Å². The largest absolute Gasteiger partial charge is 0.337 e. The summed E-state index contributed by atoms with van der Waals surface area (Å²) in [5.41, 5.74) is 2.79. The average molecular weight is 333 g/mol. The Balaban J connectivity index is 1.59. The van der Waals surface area contributed by atoms with Crippen molar-refractivity contribution in [2.75, 3.05) is 6.54 Å². The summed E-state index contributed by atoms with van der Waals surface area (Å²) < 4.78 is 5.49. The van der Waals surface area contributed by atoms with E-state index < -0.39 is 0 Å². The minimum Gasteiger partial charge on any atom is -0.337 e. The molecule has 0 saturated carbocycles. The molecule has 1 saturated heterocycles. The fraction of sp³-hybridized carbons (Fsp3) is 0.250. The first-order valence-corrected chi connectivity index (χ1v) is 8.49. The summed E-state index contributed by atoms with van der Waals surface area (Å²) in [6.07, 6.45) is 1.78. The number of aryl methyl sites for hydroxylation is 1. The van der Waals surface area contributed by atoms with Crippen molar-refractivity contribution in [1.82, 2.24) is 15.0 Å². The van der Waals surface area contributed by atoms with Crippen molar-refractivity contribution in [2.45, 2.75) is 25.8 Å². The first kappa shape index (κ1) is 15.6. The molecule has 1 aromatic heterocycles. The Kier molecular flexibility index (Phi) is 4.06. The number of nitrogens with zero attached hydrogens (tertiary/aromatic N) is 3. The molecule has 0 bridgehead atoms. The highest BCUT2D eigenvalue weighted by Crippen LogP contribution is 2.33. The highest BCUT2D eigenvalue weighted by molar-refractivity contribution is 5.94. The van der Waals surface area contributed by atoms with Crippen molar-refractivity contribution >= 4 is 5.91 Å². The highest BCUT2D eigenvalue weighted by atomic mass is 16.5. The van der Waals surface area contributed by atoms with Gasteiger partial charge in [-0.05, 0) is 31.9 Å². The van der Waals surface area contributed by atoms with Crippen LogP contribution in [0.5, 0.6) is 0 Å². The van der Waals surface area contributed by atoms with E-state index in [1.165, 1.54) is 5.56 Å². The zero-order valence-electron chi connectivity index (χ0n) is 14.1. The summed E-state index contributed by atoms with van der Waals surface area (Å²) in [5.74, 6) is 1.09. The molecule has 5 heteroatoms. The molecule has 25 heavy (non-hydrogen) atoms. The second-order valence-electron chi connectivity index (χ2n) is 6.34. The fourth-order valence-corrected chi connectivity index (χ4v) is 3.20. The molecule has 0 spiro atoms. The number of hydrogen-bond donors (Lipinski definition) is 0. The van der Waals surface area contributed by atoms with Crippen LogP contribution in [0.4, 0.5) is 0 Å². The molecule has 5 nitrogen and oxygen atoms in total. The first-order chi connectivity index (χ1) is 12.2. The van der Waals surface area contributed by atoms with Crippen molar-refractivity contribution in [1.29, 1.82) is 0 Å². The van der Waals surface area contributed by atoms with Crippen molar-refractivity contribution in [3.05, 3.63) is 71.6 Å². The van der Waals surface area contributed by atoms with Crippen LogP contribution in [-0.2, 0) is 0 Å². The van der Waals surface area contributed by atoms with Gasteiger partial charge in [0.2, 0.25) is 11.7 Å². The van der Waals surface area contributed by atoms with E-state index in [4.69, 9.17) is 4.52 Å². The summed E-state index contributed by atoms with van der Waals surface area (Å²) in [5, 5.41) is 4.10. The Labute approximate surface area is 146 Å². The van der Waals surface area contributed by atoms with Crippen molar-refractivity contribution in [3.8, 4) is 11.4 Å². The maximum atomic E-state index is 12.8. The van der Waals surface area contributed by atoms with Gasteiger partial charge in [0.15, 0.2) is 0 Å². The molecule has 126 valence electrons. The molecule has 1 fully saturated rings. The quantitative estimate of drug-likeness (QED) is 0.726. The van der Waals surface area contributed by atoms with E-state index in [-0.39, 0.29) is 11.9 Å². The molecule has 1 amide bonds. The number of benzene rings is 2. The monoisotopic (exact) mass is 333 g/mol. The van der Waals surface area contributed by atoms with Gasteiger partial charge in [-0.25, -0.2) is 0 Å². The molecule has 3 aromatic rings. The molecule has 0 unspecified atom stereocenters. The number of carbonyl (C=O) groups excluding carboxylic acids is 1. The van der Waals surface area contributed by atoms with E-state index >= 15 is 0 Å². The number of hydrogen-bond acceptors (Lipinski definition) is 4. The third-order valence-corrected chi connectivity index (χ3v) is 4.57. The van der Waals surface area contributed by atoms with Crippen molar-refractivity contribution in [3.63, 3.8) is 0 Å². The van der Waals surface area contributed by atoms with E-state index in [9.17, 15) is 4.79 Å². The lowest BCUT2D eigenvalue weighted by molar-refractivity contribution is 0.0710. The lowest BCUT2D eigenvalue weighted by Crippen LogP contribution is -2.30. The lowest BCUT2D eigenvalue weighted by Gasteiger charge is -2.21. The summed E-state index contributed by atoms with van der Waals surface area (Å²) in [4.78, 5) is 19.2. The van der Waals surface area contributed by atoms with Gasteiger partial charge in [-0.2, -0.15) is 4.98 Å². The molecular weight excluding hydrogens is 314 g/mol. The average Bonchev–Trinajstić information content (AvgIpc) is 3.31. The Hall–Kier alpha value is -2.95. The summed E-state index contributed by atoms with van der Waals surface area (Å²) in [7, 11) is 0. The maximum absolute atomic E-state index is 12.8. The van der Waals surface area contributed by atoms with E-state index in [1.807, 2.05) is 66.4 Å². The van der Waals surface area contributed by atoms with Crippen molar-refractivity contribution in [2.24, 2.45) is 0 Å². The molecule has 4 rings (SSSR count). The topological polar surface area (TPSA) is 59.2 Å². The predicted octanol–water partition coefficient (Wildman–Crippen LogP) is 4.02. The third-order valence-electron chi connectivity index (χ3n) is 4.57. The standard InChI is InChI=1S/C20H19N3O2/c1-14-9-11-15(12-10-14)18-21-19(25-22-18)17-8-5-13-23(17)20(24)16-6-3-2-4-7-16/h2-4,6-7,9-12,17H,5,8,13H2,1H3/t17-/m0/s1. The van der Waals surface area contributed by atoms with Gasteiger partial charge in [-0.3, -0.25) is 4.79 Å². The Morgan fingerprint density at radius 2 is 1.88 bits per heavy atom. The maximum Gasteiger partial charge on any atom is 0.254 e. The summed E-state index contributed by atoms with van der Waals surface area (Å²) >= 11 is 0. The zero-order chi connectivity index (χ0) is 17.2. The van der Waals surface area contributed by atoms with Crippen LogP contribution >= 0.6 is 0 Å². The Bertz CT molecular complexity index is 871. The van der Waals surface area contributed by atoms with Crippen LogP contribution in [0.2, 0.25) is 0 Å². The van der Waals surface area contributed by atoms with Gasteiger partial charge in [0.05, 0.1) is 0 Å². The van der Waals surface area contributed by atoms with Gasteiger partial charge in [0.25, 0.3) is 5.91 Å². The van der Waals surface area contributed by atoms with Crippen LogP contribution in [0, 0.1) is 6.92 Å². The van der Waals surface area contributed by atoms with Gasteiger partial charge in [-0.1, -0.05) is 53.2 Å². The van der Waals surface area contributed by atoms with Gasteiger partial charge >= 0.3 is 0 Å². The number of rotatable bonds is 3. The van der Waals surface area contributed by atoms with Crippen molar-refractivity contribution < 1.29 is 9.32 Å². The predicted molar refractivity (Wildman–Crippen MR) is 93.9 cm³/mol. The molecular formula is C20H19N3O2. The molecule has 1 aliphatic heterocycles. The van der Waals surface area contributed by atoms with E-state index in [0.29, 0.717) is 23.8 Å². The SMILES string of the molecule is Cc1ccc(-c2noc([C@@H]3CCCN3C(=O)c3ccccc3)n2)cc1. The van der Waals surface area contributed by atoms with Gasteiger partial charge in [0, 0.05) is 17.7 Å². The molecule has 1 atom stereocenters. The minimum absolute atomic E-state index is 0.0122. The fourth-order valence-electron chi connectivity index (χ4n) is 3.20. The molecule has 0 N–H and O–H groups in total. The molecule has 0 radical (unpaired) electrons. The molecule has 2 heterocycles. The van der Waals surface area contributed by atoms with Crippen LogP contribution in [0.3, 0.4) is 0 Å². The second kappa shape index (κ2) is 6.51. The zero-order valence-corrected chi connectivity index (χ0v) is 14.1. The van der Waals surface area contributed by atoms with Crippen LogP contribution in [0.1, 0.15) is 40.7 Å². The first-order valence-electron chi connectivity index (χ1n) is 8.49. The number of aromatic nitrogens is 2. The Morgan fingerprint density at radius 1 is 1.12 bits per heavy atom. The molecule has 2 aromatic carbocycles. The van der Waals surface area contributed by atoms with Crippen LogP contribution in [-0.4, -0.2) is 27.5 Å². The lowest BCUT2D eigenvalue weighted by atomic mass is 10.1. The number of amides is 1. The van der Waals surface area contributed by atoms with E-state index in [1.54, 1.807) is 0 Å². The van der Waals surface area contributed by atoms with E-state index in [2.05, 4.69) is 10.1 Å². The van der Waals surface area contributed by atoms with E-state index in [0.717, 1.165) is 18.4 Å². The Morgan fingerprint density at radius 3 is 2.64 bits per heavy atom. The van der Waals surface area contributed by atoms with Gasteiger partial charge in [-0.15, -0.1) is 0 Å². The minimum atomic E-state index is -0.153. The number of carbonyl (C=O) groups is 1. The van der Waals surface area contributed by atoms with Crippen LogP contribution < -0.4 is 0 Å². The highest BCUT2D eigenvalue weighted by Gasteiger charge is 2.34. The molecule has 1 aliphatic rings. The third kappa shape index (κ3) is 3.05. The molecule has 0 aliphatic carbocycles. The van der Waals surface area contributed by atoms with Gasteiger partial charge < -0.3 is 9.42 Å². The number of likely N-dealkylation sites (tertiary alicyclic amines) is 1. The summed E-state index contributed by atoms with van der Waals surface area (Å²) in [6.45, 7) is 2.75. The van der Waals surface area contributed by atoms with Crippen LogP contribution in [0.25, 0.3) is 11.4 Å². The smallest absolute Gasteiger partial charge is 0.254 e.